The molecule has 0 amide bonds. The van der Waals surface area contributed by atoms with Gasteiger partial charge < -0.3 is 15.6 Å². The van der Waals surface area contributed by atoms with Gasteiger partial charge in [0, 0.05) is 28.1 Å². The second-order valence-electron chi connectivity index (χ2n) is 11.2. The molecule has 0 saturated heterocycles. The van der Waals surface area contributed by atoms with E-state index < -0.39 is 0 Å². The van der Waals surface area contributed by atoms with Crippen molar-refractivity contribution in [1.29, 1.82) is 10.8 Å². The number of fused-ring (bicyclic) bond motifs is 3. The van der Waals surface area contributed by atoms with Crippen molar-refractivity contribution in [2.24, 2.45) is 5.73 Å². The average molecular weight is 614 g/mol. The molecule has 6 aromatic carbocycles. The number of nitrogens with two attached hydrogens (primary N) is 1. The highest BCUT2D eigenvalue weighted by Gasteiger charge is 2.11. The van der Waals surface area contributed by atoms with Crippen molar-refractivity contribution in [2.45, 2.75) is 20.8 Å². The Bertz CT molecular complexity index is 2160. The predicted octanol–water partition coefficient (Wildman–Crippen LogP) is 11.3. The molecule has 0 aliphatic carbocycles. The highest BCUT2D eigenvalue weighted by Crippen LogP contribution is 2.34. The van der Waals surface area contributed by atoms with Crippen molar-refractivity contribution in [3.63, 3.8) is 0 Å². The van der Waals surface area contributed by atoms with Gasteiger partial charge in [-0.1, -0.05) is 127 Å². The van der Waals surface area contributed by atoms with Crippen LogP contribution in [0.2, 0.25) is 0 Å². The van der Waals surface area contributed by atoms with Crippen molar-refractivity contribution < 1.29 is 4.42 Å². The summed E-state index contributed by atoms with van der Waals surface area (Å²) in [5.74, 6) is 0.121. The van der Waals surface area contributed by atoms with Gasteiger partial charge in [-0.3, -0.25) is 5.41 Å². The number of aryl methyl sites for hydroxylation is 1. The van der Waals surface area contributed by atoms with Crippen LogP contribution in [-0.4, -0.2) is 12.1 Å². The van der Waals surface area contributed by atoms with Gasteiger partial charge in [-0.15, -0.1) is 0 Å². The fourth-order valence-corrected chi connectivity index (χ4v) is 5.40. The number of nitrogens with one attached hydrogen (secondary N) is 2. The van der Waals surface area contributed by atoms with Crippen LogP contribution in [0.15, 0.2) is 156 Å². The van der Waals surface area contributed by atoms with E-state index in [1.807, 2.05) is 60.7 Å². The number of nitrogen functional groups attached to an aromatic ring is 1. The van der Waals surface area contributed by atoms with Gasteiger partial charge in [0.15, 0.2) is 0 Å². The van der Waals surface area contributed by atoms with E-state index >= 15 is 0 Å². The summed E-state index contributed by atoms with van der Waals surface area (Å²) in [6.07, 6.45) is 3.52. The lowest BCUT2D eigenvalue weighted by atomic mass is 9.98. The van der Waals surface area contributed by atoms with E-state index in [0.717, 1.165) is 38.6 Å². The van der Waals surface area contributed by atoms with Crippen LogP contribution in [0.3, 0.4) is 0 Å². The fourth-order valence-electron chi connectivity index (χ4n) is 5.40. The Morgan fingerprint density at radius 1 is 0.638 bits per heavy atom. The Hall–Kier alpha value is -6.00. The van der Waals surface area contributed by atoms with Gasteiger partial charge in [0.2, 0.25) is 0 Å². The third kappa shape index (κ3) is 7.81. The lowest BCUT2D eigenvalue weighted by molar-refractivity contribution is 0.669. The molecule has 232 valence electrons. The van der Waals surface area contributed by atoms with E-state index in [4.69, 9.17) is 21.0 Å². The number of amidine groups is 1. The van der Waals surface area contributed by atoms with E-state index in [-0.39, 0.29) is 5.84 Å². The molecule has 0 aliphatic rings. The van der Waals surface area contributed by atoms with E-state index in [2.05, 4.69) is 112 Å². The summed E-state index contributed by atoms with van der Waals surface area (Å²) in [6, 6.07) is 48.8. The summed E-state index contributed by atoms with van der Waals surface area (Å²) in [4.78, 5) is 0. The number of allylic oxidation sites excluding steroid dienone is 2. The predicted molar refractivity (Wildman–Crippen MR) is 200 cm³/mol. The third-order valence-electron chi connectivity index (χ3n) is 8.08. The topological polar surface area (TPSA) is 86.9 Å². The summed E-state index contributed by atoms with van der Waals surface area (Å²) in [5.41, 5.74) is 17.3. The Kier molecular flexibility index (Phi) is 10.6. The van der Waals surface area contributed by atoms with Crippen LogP contribution in [0, 0.1) is 17.7 Å². The van der Waals surface area contributed by atoms with Crippen LogP contribution in [-0.2, 0) is 0 Å². The monoisotopic (exact) mass is 613 g/mol. The molecule has 7 rings (SSSR count). The molecule has 0 saturated carbocycles. The van der Waals surface area contributed by atoms with Crippen molar-refractivity contribution >= 4 is 39.6 Å². The quantitative estimate of drug-likeness (QED) is 0.133. The molecule has 1 heterocycles. The molecule has 4 N–H and O–H groups in total. The molecule has 0 aliphatic heterocycles. The maximum Gasteiger partial charge on any atom is 0.136 e. The number of hydrogen-bond acceptors (Lipinski definition) is 3. The largest absolute Gasteiger partial charge is 0.456 e. The van der Waals surface area contributed by atoms with Gasteiger partial charge in [0.1, 0.15) is 17.0 Å². The van der Waals surface area contributed by atoms with Crippen LogP contribution < -0.4 is 5.73 Å². The molecule has 0 radical (unpaired) electrons. The van der Waals surface area contributed by atoms with Crippen LogP contribution in [0.25, 0.3) is 49.8 Å². The first-order chi connectivity index (χ1) is 22.9. The van der Waals surface area contributed by atoms with Crippen LogP contribution in [0.1, 0.15) is 36.1 Å². The highest BCUT2D eigenvalue weighted by molar-refractivity contribution is 6.13. The Labute approximate surface area is 276 Å². The SMILES string of the molecule is C/C=C(\C)c1cccc(-c2ccc3oc4cccc(C=N)c4c3c2)c1.Cc1ccccc1-c1ccccc1.N=C(N)c1ccccc1. The zero-order chi connectivity index (χ0) is 33.2. The van der Waals surface area contributed by atoms with Gasteiger partial charge in [-0.05, 0) is 84.0 Å². The minimum atomic E-state index is 0.121. The molecule has 1 aromatic heterocycles. The molecular weight excluding hydrogens is 574 g/mol. The molecular formula is C43H39N3O. The molecule has 0 atom stereocenters. The van der Waals surface area contributed by atoms with E-state index in [9.17, 15) is 0 Å². The Balaban J connectivity index is 0.000000163. The van der Waals surface area contributed by atoms with Gasteiger partial charge in [0.25, 0.3) is 0 Å². The van der Waals surface area contributed by atoms with Crippen molar-refractivity contribution in [1.82, 2.24) is 0 Å². The van der Waals surface area contributed by atoms with E-state index in [1.165, 1.54) is 39.6 Å². The molecule has 4 nitrogen and oxygen atoms in total. The van der Waals surface area contributed by atoms with Gasteiger partial charge in [0.05, 0.1) is 0 Å². The zero-order valence-corrected chi connectivity index (χ0v) is 27.0. The lowest BCUT2D eigenvalue weighted by Crippen LogP contribution is -2.10. The first-order valence-electron chi connectivity index (χ1n) is 15.6. The Morgan fingerprint density at radius 3 is 1.91 bits per heavy atom. The molecule has 7 aromatic rings. The fraction of sp³-hybridized carbons (Fsp3) is 0.0698. The summed E-state index contributed by atoms with van der Waals surface area (Å²) in [7, 11) is 0. The molecule has 4 heteroatoms. The standard InChI is InChI=1S/C23H19NO.C13H12.C7H8N2/c1-3-15(2)16-6-4-7-17(12-16)18-10-11-21-20(13-18)23-19(14-24)8-5-9-22(23)25-21;1-11-7-5-6-10-13(11)12-8-3-2-4-9-12;8-7(9)6-4-2-1-3-5-6/h3-14,24H,1-2H3;2-10H,1H3;1-5H,(H3,8,9)/b15-3+,24-14?;;. The van der Waals surface area contributed by atoms with Gasteiger partial charge >= 0.3 is 0 Å². The van der Waals surface area contributed by atoms with Crippen molar-refractivity contribution in [3.8, 4) is 22.3 Å². The molecule has 47 heavy (non-hydrogen) atoms. The van der Waals surface area contributed by atoms with Crippen LogP contribution in [0.5, 0.6) is 0 Å². The maximum atomic E-state index is 7.68. The molecule has 0 unspecified atom stereocenters. The molecule has 0 spiro atoms. The van der Waals surface area contributed by atoms with Crippen molar-refractivity contribution in [2.75, 3.05) is 0 Å². The summed E-state index contributed by atoms with van der Waals surface area (Å²) >= 11 is 0. The number of benzene rings is 6. The zero-order valence-electron chi connectivity index (χ0n) is 27.0. The van der Waals surface area contributed by atoms with E-state index in [1.54, 1.807) is 0 Å². The summed E-state index contributed by atoms with van der Waals surface area (Å²) in [5, 5.41) is 16.8. The van der Waals surface area contributed by atoms with Gasteiger partial charge in [-0.25, -0.2) is 0 Å². The number of rotatable bonds is 5. The summed E-state index contributed by atoms with van der Waals surface area (Å²) < 4.78 is 5.95. The second kappa shape index (κ2) is 15.3. The minimum Gasteiger partial charge on any atom is -0.456 e. The lowest BCUT2D eigenvalue weighted by Gasteiger charge is -2.06. The normalized spacial score (nSPS) is 10.8. The first-order valence-corrected chi connectivity index (χ1v) is 15.6. The Morgan fingerprint density at radius 2 is 1.26 bits per heavy atom. The average Bonchev–Trinajstić information content (AvgIpc) is 3.51. The number of hydrogen-bond donors (Lipinski definition) is 3. The summed E-state index contributed by atoms with van der Waals surface area (Å²) in [6.45, 7) is 6.33. The molecule has 0 fully saturated rings. The minimum absolute atomic E-state index is 0.121. The first kappa shape index (κ1) is 32.4. The molecule has 0 bridgehead atoms. The smallest absolute Gasteiger partial charge is 0.136 e. The van der Waals surface area contributed by atoms with Crippen LogP contribution in [0.4, 0.5) is 0 Å². The maximum absolute atomic E-state index is 7.68. The van der Waals surface area contributed by atoms with Gasteiger partial charge in [-0.2, -0.15) is 0 Å². The van der Waals surface area contributed by atoms with Crippen molar-refractivity contribution in [3.05, 3.63) is 174 Å². The van der Waals surface area contributed by atoms with E-state index in [0.29, 0.717) is 0 Å². The second-order valence-corrected chi connectivity index (χ2v) is 11.2. The number of furan rings is 1. The highest BCUT2D eigenvalue weighted by atomic mass is 16.3. The third-order valence-corrected chi connectivity index (χ3v) is 8.08. The van der Waals surface area contributed by atoms with Crippen LogP contribution >= 0.6 is 0 Å².